The zero-order valence-corrected chi connectivity index (χ0v) is 15.4. The van der Waals surface area contributed by atoms with Gasteiger partial charge in [0.05, 0.1) is 0 Å². The summed E-state index contributed by atoms with van der Waals surface area (Å²) in [6, 6.07) is 7.07. The van der Waals surface area contributed by atoms with Crippen LogP contribution in [0.2, 0.25) is 0 Å². The van der Waals surface area contributed by atoms with E-state index in [0.29, 0.717) is 11.3 Å². The molecule has 5 heteroatoms. The second-order valence-electron chi connectivity index (χ2n) is 5.98. The third kappa shape index (κ3) is 6.22. The first kappa shape index (κ1) is 20.0. The van der Waals surface area contributed by atoms with Gasteiger partial charge in [-0.15, -0.1) is 0 Å². The van der Waals surface area contributed by atoms with Crippen molar-refractivity contribution in [2.45, 2.75) is 59.4 Å². The standard InChI is InChI=1S/C19H31N3O2/c1-5-13-22(14-6-2)18(23)15-9-11-17(12-10-15)21-19(24)20-16(7-3)8-4/h9-12,16H,5-8,13-14H2,1-4H3,(H2,20,21,24). The molecule has 0 aromatic heterocycles. The van der Waals surface area contributed by atoms with Crippen molar-refractivity contribution in [3.8, 4) is 0 Å². The van der Waals surface area contributed by atoms with E-state index in [1.54, 1.807) is 24.3 Å². The third-order valence-electron chi connectivity index (χ3n) is 3.98. The molecule has 0 atom stereocenters. The van der Waals surface area contributed by atoms with E-state index in [0.717, 1.165) is 38.8 Å². The Bertz CT molecular complexity index is 504. The van der Waals surface area contributed by atoms with Crippen LogP contribution in [-0.2, 0) is 0 Å². The Kier molecular flexibility index (Phi) is 8.90. The molecule has 0 aliphatic heterocycles. The number of benzene rings is 1. The molecule has 2 N–H and O–H groups in total. The average molecular weight is 333 g/mol. The van der Waals surface area contributed by atoms with E-state index < -0.39 is 0 Å². The van der Waals surface area contributed by atoms with Gasteiger partial charge in [-0.25, -0.2) is 4.79 Å². The number of carbonyl (C=O) groups excluding carboxylic acids is 2. The summed E-state index contributed by atoms with van der Waals surface area (Å²) in [5.74, 6) is 0.0479. The molecular weight excluding hydrogens is 302 g/mol. The van der Waals surface area contributed by atoms with Crippen LogP contribution in [0.1, 0.15) is 63.7 Å². The van der Waals surface area contributed by atoms with Gasteiger partial charge in [-0.2, -0.15) is 0 Å². The van der Waals surface area contributed by atoms with Crippen LogP contribution in [-0.4, -0.2) is 36.0 Å². The minimum absolute atomic E-state index is 0.0479. The van der Waals surface area contributed by atoms with Gasteiger partial charge < -0.3 is 15.5 Å². The molecule has 1 aromatic rings. The first-order chi connectivity index (χ1) is 11.5. The highest BCUT2D eigenvalue weighted by Gasteiger charge is 2.14. The summed E-state index contributed by atoms with van der Waals surface area (Å²) in [5.41, 5.74) is 1.34. The number of urea groups is 1. The smallest absolute Gasteiger partial charge is 0.319 e. The van der Waals surface area contributed by atoms with E-state index in [1.807, 2.05) is 18.7 Å². The van der Waals surface area contributed by atoms with Crippen molar-refractivity contribution in [2.24, 2.45) is 0 Å². The number of nitrogens with one attached hydrogen (secondary N) is 2. The van der Waals surface area contributed by atoms with E-state index in [9.17, 15) is 9.59 Å². The minimum atomic E-state index is -0.207. The van der Waals surface area contributed by atoms with Crippen molar-refractivity contribution in [1.29, 1.82) is 0 Å². The molecule has 0 saturated heterocycles. The first-order valence-corrected chi connectivity index (χ1v) is 9.02. The second-order valence-corrected chi connectivity index (χ2v) is 5.98. The van der Waals surface area contributed by atoms with Crippen LogP contribution in [0.3, 0.4) is 0 Å². The van der Waals surface area contributed by atoms with Crippen molar-refractivity contribution in [3.05, 3.63) is 29.8 Å². The predicted molar refractivity (Wildman–Crippen MR) is 99.5 cm³/mol. The van der Waals surface area contributed by atoms with Crippen LogP contribution in [0.15, 0.2) is 24.3 Å². The summed E-state index contributed by atoms with van der Waals surface area (Å²) in [4.78, 5) is 26.3. The summed E-state index contributed by atoms with van der Waals surface area (Å²) in [6.07, 6.45) is 3.70. The topological polar surface area (TPSA) is 61.4 Å². The fraction of sp³-hybridized carbons (Fsp3) is 0.579. The number of nitrogens with zero attached hydrogens (tertiary/aromatic N) is 1. The Hall–Kier alpha value is -2.04. The maximum absolute atomic E-state index is 12.5. The normalized spacial score (nSPS) is 10.5. The lowest BCUT2D eigenvalue weighted by Gasteiger charge is -2.21. The maximum Gasteiger partial charge on any atom is 0.319 e. The lowest BCUT2D eigenvalue weighted by Crippen LogP contribution is -2.37. The SMILES string of the molecule is CCCN(CCC)C(=O)c1ccc(NC(=O)NC(CC)CC)cc1. The zero-order chi connectivity index (χ0) is 17.9. The molecule has 0 bridgehead atoms. The molecule has 1 aromatic carbocycles. The first-order valence-electron chi connectivity index (χ1n) is 9.02. The molecule has 134 valence electrons. The van der Waals surface area contributed by atoms with Crippen LogP contribution in [0.5, 0.6) is 0 Å². The van der Waals surface area contributed by atoms with Crippen LogP contribution in [0.25, 0.3) is 0 Å². The van der Waals surface area contributed by atoms with Gasteiger partial charge in [0.1, 0.15) is 0 Å². The molecule has 24 heavy (non-hydrogen) atoms. The van der Waals surface area contributed by atoms with Gasteiger partial charge in [0.2, 0.25) is 0 Å². The molecule has 0 aliphatic carbocycles. The van der Waals surface area contributed by atoms with E-state index in [-0.39, 0.29) is 18.0 Å². The summed E-state index contributed by atoms with van der Waals surface area (Å²) in [6.45, 7) is 9.78. The number of rotatable bonds is 9. The Morgan fingerprint density at radius 2 is 1.50 bits per heavy atom. The molecule has 0 fully saturated rings. The van der Waals surface area contributed by atoms with E-state index in [1.165, 1.54) is 0 Å². The zero-order valence-electron chi connectivity index (χ0n) is 15.4. The van der Waals surface area contributed by atoms with Crippen molar-refractivity contribution >= 4 is 17.6 Å². The van der Waals surface area contributed by atoms with Crippen LogP contribution >= 0.6 is 0 Å². The van der Waals surface area contributed by atoms with Crippen LogP contribution < -0.4 is 10.6 Å². The molecule has 0 unspecified atom stereocenters. The lowest BCUT2D eigenvalue weighted by molar-refractivity contribution is 0.0755. The Morgan fingerprint density at radius 1 is 0.958 bits per heavy atom. The number of hydrogen-bond acceptors (Lipinski definition) is 2. The Balaban J connectivity index is 2.67. The molecule has 0 aliphatic rings. The molecule has 0 heterocycles. The summed E-state index contributed by atoms with van der Waals surface area (Å²) in [7, 11) is 0. The quantitative estimate of drug-likeness (QED) is 0.709. The highest BCUT2D eigenvalue weighted by Crippen LogP contribution is 2.12. The molecule has 0 radical (unpaired) electrons. The number of hydrogen-bond donors (Lipinski definition) is 2. The molecule has 1 rings (SSSR count). The van der Waals surface area contributed by atoms with E-state index >= 15 is 0 Å². The van der Waals surface area contributed by atoms with Crippen LogP contribution in [0, 0.1) is 0 Å². The molecule has 0 spiro atoms. The van der Waals surface area contributed by atoms with Crippen molar-refractivity contribution in [2.75, 3.05) is 18.4 Å². The Labute approximate surface area is 145 Å². The lowest BCUT2D eigenvalue weighted by atomic mass is 10.1. The molecule has 3 amide bonds. The predicted octanol–water partition coefficient (Wildman–Crippen LogP) is 4.26. The molecule has 0 saturated carbocycles. The number of anilines is 1. The average Bonchev–Trinajstić information content (AvgIpc) is 2.59. The fourth-order valence-electron chi connectivity index (χ4n) is 2.58. The summed E-state index contributed by atoms with van der Waals surface area (Å²) >= 11 is 0. The van der Waals surface area contributed by atoms with Crippen molar-refractivity contribution in [3.63, 3.8) is 0 Å². The summed E-state index contributed by atoms with van der Waals surface area (Å²) in [5, 5.41) is 5.74. The maximum atomic E-state index is 12.5. The van der Waals surface area contributed by atoms with Gasteiger partial charge in [0.25, 0.3) is 5.91 Å². The van der Waals surface area contributed by atoms with Crippen molar-refractivity contribution in [1.82, 2.24) is 10.2 Å². The largest absolute Gasteiger partial charge is 0.339 e. The highest BCUT2D eigenvalue weighted by molar-refractivity contribution is 5.95. The molecular formula is C19H31N3O2. The highest BCUT2D eigenvalue weighted by atomic mass is 16.2. The van der Waals surface area contributed by atoms with Gasteiger partial charge in [0.15, 0.2) is 0 Å². The fourth-order valence-corrected chi connectivity index (χ4v) is 2.58. The second kappa shape index (κ2) is 10.7. The summed E-state index contributed by atoms with van der Waals surface area (Å²) < 4.78 is 0. The van der Waals surface area contributed by atoms with E-state index in [2.05, 4.69) is 24.5 Å². The number of amides is 3. The van der Waals surface area contributed by atoms with Gasteiger partial charge in [0, 0.05) is 30.4 Å². The minimum Gasteiger partial charge on any atom is -0.339 e. The third-order valence-corrected chi connectivity index (χ3v) is 3.98. The van der Waals surface area contributed by atoms with Gasteiger partial charge in [-0.1, -0.05) is 27.7 Å². The monoisotopic (exact) mass is 333 g/mol. The number of carbonyl (C=O) groups is 2. The van der Waals surface area contributed by atoms with E-state index in [4.69, 9.17) is 0 Å². The Morgan fingerprint density at radius 3 is 1.96 bits per heavy atom. The van der Waals surface area contributed by atoms with Crippen LogP contribution in [0.4, 0.5) is 10.5 Å². The van der Waals surface area contributed by atoms with Crippen molar-refractivity contribution < 1.29 is 9.59 Å². The van der Waals surface area contributed by atoms with Gasteiger partial charge in [-0.3, -0.25) is 4.79 Å². The van der Waals surface area contributed by atoms with Gasteiger partial charge in [-0.05, 0) is 49.9 Å². The van der Waals surface area contributed by atoms with Gasteiger partial charge >= 0.3 is 6.03 Å². The molecule has 5 nitrogen and oxygen atoms in total.